The minimum atomic E-state index is -0.267. The number of aryl methyl sites for hydroxylation is 1. The molecule has 2 rings (SSSR count). The topological polar surface area (TPSA) is 59.0 Å². The van der Waals surface area contributed by atoms with Crippen molar-refractivity contribution in [2.45, 2.75) is 0 Å². The fourth-order valence-corrected chi connectivity index (χ4v) is 1.29. The molecular weight excluding hydrogens is 204 g/mol. The Morgan fingerprint density at radius 3 is 2.69 bits per heavy atom. The molecule has 0 radical (unpaired) electrons. The second-order valence-corrected chi connectivity index (χ2v) is 3.31. The normalized spacial score (nSPS) is 9.81. The third-order valence-corrected chi connectivity index (χ3v) is 2.12. The lowest BCUT2D eigenvalue weighted by Gasteiger charge is -2.07. The zero-order valence-electron chi connectivity index (χ0n) is 8.84. The SMILES string of the molecule is Cn1ccnc1C(=O)NNc1ccccc1. The predicted molar refractivity (Wildman–Crippen MR) is 60.7 cm³/mol. The molecule has 2 aromatic rings. The van der Waals surface area contributed by atoms with Gasteiger partial charge in [0.2, 0.25) is 0 Å². The number of hydrogen-bond acceptors (Lipinski definition) is 3. The van der Waals surface area contributed by atoms with E-state index < -0.39 is 0 Å². The second-order valence-electron chi connectivity index (χ2n) is 3.31. The average molecular weight is 216 g/mol. The summed E-state index contributed by atoms with van der Waals surface area (Å²) in [6, 6.07) is 9.40. The van der Waals surface area contributed by atoms with Crippen LogP contribution in [0.5, 0.6) is 0 Å². The Morgan fingerprint density at radius 1 is 1.31 bits per heavy atom. The molecule has 0 aliphatic heterocycles. The van der Waals surface area contributed by atoms with Gasteiger partial charge in [0.25, 0.3) is 0 Å². The maximum absolute atomic E-state index is 11.6. The van der Waals surface area contributed by atoms with E-state index in [4.69, 9.17) is 0 Å². The lowest BCUT2D eigenvalue weighted by molar-refractivity contribution is 0.0949. The lowest BCUT2D eigenvalue weighted by Crippen LogP contribution is -2.31. The van der Waals surface area contributed by atoms with Crippen LogP contribution < -0.4 is 10.9 Å². The number of para-hydroxylation sites is 1. The summed E-state index contributed by atoms with van der Waals surface area (Å²) in [5, 5.41) is 0. The molecule has 0 bridgehead atoms. The molecule has 0 saturated carbocycles. The van der Waals surface area contributed by atoms with E-state index in [1.54, 1.807) is 24.0 Å². The molecule has 0 saturated heterocycles. The van der Waals surface area contributed by atoms with Crippen LogP contribution in [0.2, 0.25) is 0 Å². The van der Waals surface area contributed by atoms with E-state index in [2.05, 4.69) is 15.8 Å². The number of hydrogen-bond donors (Lipinski definition) is 2. The van der Waals surface area contributed by atoms with Gasteiger partial charge < -0.3 is 4.57 Å². The number of carbonyl (C=O) groups excluding carboxylic acids is 1. The quantitative estimate of drug-likeness (QED) is 0.757. The third kappa shape index (κ3) is 2.20. The van der Waals surface area contributed by atoms with Crippen LogP contribution >= 0.6 is 0 Å². The van der Waals surface area contributed by atoms with Crippen molar-refractivity contribution in [1.82, 2.24) is 15.0 Å². The van der Waals surface area contributed by atoms with Crippen molar-refractivity contribution >= 4 is 11.6 Å². The van der Waals surface area contributed by atoms with Crippen molar-refractivity contribution in [3.63, 3.8) is 0 Å². The minimum Gasteiger partial charge on any atom is -0.330 e. The first-order valence-electron chi connectivity index (χ1n) is 4.86. The first-order chi connectivity index (χ1) is 7.77. The van der Waals surface area contributed by atoms with Gasteiger partial charge in [0.15, 0.2) is 5.82 Å². The van der Waals surface area contributed by atoms with Crippen LogP contribution in [-0.2, 0) is 7.05 Å². The summed E-state index contributed by atoms with van der Waals surface area (Å²) in [6.07, 6.45) is 3.30. The monoisotopic (exact) mass is 216 g/mol. The maximum atomic E-state index is 11.6. The molecule has 0 unspecified atom stereocenters. The Labute approximate surface area is 93.1 Å². The van der Waals surface area contributed by atoms with Gasteiger partial charge in [-0.15, -0.1) is 0 Å². The standard InChI is InChI=1S/C11H12N4O/c1-15-8-7-12-10(15)11(16)14-13-9-5-3-2-4-6-9/h2-8,13H,1H3,(H,14,16). The van der Waals surface area contributed by atoms with Crippen LogP contribution in [0.3, 0.4) is 0 Å². The zero-order chi connectivity index (χ0) is 11.4. The fourth-order valence-electron chi connectivity index (χ4n) is 1.29. The number of nitrogens with zero attached hydrogens (tertiary/aromatic N) is 2. The summed E-state index contributed by atoms with van der Waals surface area (Å²) in [7, 11) is 1.77. The van der Waals surface area contributed by atoms with Gasteiger partial charge in [-0.3, -0.25) is 15.6 Å². The number of aromatic nitrogens is 2. The Bertz CT molecular complexity index is 478. The van der Waals surface area contributed by atoms with Crippen LogP contribution in [0.1, 0.15) is 10.6 Å². The molecule has 2 N–H and O–H groups in total. The highest BCUT2D eigenvalue weighted by molar-refractivity contribution is 5.91. The first-order valence-corrected chi connectivity index (χ1v) is 4.86. The Morgan fingerprint density at radius 2 is 2.06 bits per heavy atom. The number of hydrazine groups is 1. The van der Waals surface area contributed by atoms with Crippen molar-refractivity contribution in [3.8, 4) is 0 Å². The number of imidazole rings is 1. The third-order valence-electron chi connectivity index (χ3n) is 2.12. The molecule has 1 aromatic carbocycles. The summed E-state index contributed by atoms with van der Waals surface area (Å²) in [5.74, 6) is 0.0970. The summed E-state index contributed by atoms with van der Waals surface area (Å²) in [5.41, 5.74) is 6.20. The highest BCUT2D eigenvalue weighted by atomic mass is 16.2. The number of anilines is 1. The predicted octanol–water partition coefficient (Wildman–Crippen LogP) is 1.18. The van der Waals surface area contributed by atoms with E-state index in [0.29, 0.717) is 5.82 Å². The van der Waals surface area contributed by atoms with Gasteiger partial charge in [0.1, 0.15) is 0 Å². The van der Waals surface area contributed by atoms with E-state index >= 15 is 0 Å². The molecule has 5 heteroatoms. The van der Waals surface area contributed by atoms with E-state index in [1.165, 1.54) is 0 Å². The summed E-state index contributed by atoms with van der Waals surface area (Å²) < 4.78 is 1.65. The molecule has 1 aromatic heterocycles. The van der Waals surface area contributed by atoms with Gasteiger partial charge >= 0.3 is 5.91 Å². The van der Waals surface area contributed by atoms with E-state index in [9.17, 15) is 4.79 Å². The molecule has 0 aliphatic carbocycles. The number of rotatable bonds is 3. The number of carbonyl (C=O) groups is 1. The molecule has 0 atom stereocenters. The Balaban J connectivity index is 1.97. The molecular formula is C11H12N4O. The van der Waals surface area contributed by atoms with Gasteiger partial charge in [-0.25, -0.2) is 4.98 Å². The molecule has 16 heavy (non-hydrogen) atoms. The smallest absolute Gasteiger partial charge is 0.305 e. The van der Waals surface area contributed by atoms with Crippen LogP contribution in [-0.4, -0.2) is 15.5 Å². The lowest BCUT2D eigenvalue weighted by atomic mass is 10.3. The molecule has 0 aliphatic rings. The number of amides is 1. The van der Waals surface area contributed by atoms with Crippen molar-refractivity contribution < 1.29 is 4.79 Å². The van der Waals surface area contributed by atoms with Crippen LogP contribution in [0.25, 0.3) is 0 Å². The summed E-state index contributed by atoms with van der Waals surface area (Å²) in [4.78, 5) is 15.6. The molecule has 1 heterocycles. The van der Waals surface area contributed by atoms with Crippen LogP contribution in [0, 0.1) is 0 Å². The van der Waals surface area contributed by atoms with Crippen molar-refractivity contribution in [1.29, 1.82) is 0 Å². The molecule has 0 fully saturated rings. The largest absolute Gasteiger partial charge is 0.330 e. The van der Waals surface area contributed by atoms with E-state index in [-0.39, 0.29) is 5.91 Å². The maximum Gasteiger partial charge on any atom is 0.305 e. The molecule has 5 nitrogen and oxygen atoms in total. The van der Waals surface area contributed by atoms with Gasteiger partial charge in [-0.2, -0.15) is 0 Å². The van der Waals surface area contributed by atoms with Crippen LogP contribution in [0.4, 0.5) is 5.69 Å². The Hall–Kier alpha value is -2.30. The molecule has 1 amide bonds. The van der Waals surface area contributed by atoms with Gasteiger partial charge in [0, 0.05) is 19.4 Å². The molecule has 0 spiro atoms. The summed E-state index contributed by atoms with van der Waals surface area (Å²) in [6.45, 7) is 0. The van der Waals surface area contributed by atoms with Gasteiger partial charge in [-0.1, -0.05) is 18.2 Å². The highest BCUT2D eigenvalue weighted by Gasteiger charge is 2.09. The number of nitrogens with one attached hydrogen (secondary N) is 2. The van der Waals surface area contributed by atoms with Crippen molar-refractivity contribution in [2.24, 2.45) is 7.05 Å². The van der Waals surface area contributed by atoms with Crippen molar-refractivity contribution in [3.05, 3.63) is 48.5 Å². The van der Waals surface area contributed by atoms with E-state index in [0.717, 1.165) is 5.69 Å². The second kappa shape index (κ2) is 4.48. The number of benzene rings is 1. The Kier molecular flexibility index (Phi) is 2.86. The first kappa shape index (κ1) is 10.2. The van der Waals surface area contributed by atoms with E-state index in [1.807, 2.05) is 30.3 Å². The molecule has 82 valence electrons. The summed E-state index contributed by atoms with van der Waals surface area (Å²) >= 11 is 0. The van der Waals surface area contributed by atoms with Crippen LogP contribution in [0.15, 0.2) is 42.7 Å². The average Bonchev–Trinajstić information content (AvgIpc) is 2.74. The fraction of sp³-hybridized carbons (Fsp3) is 0.0909. The zero-order valence-corrected chi connectivity index (χ0v) is 8.84. The minimum absolute atomic E-state index is 0.267. The van der Waals surface area contributed by atoms with Gasteiger partial charge in [0.05, 0.1) is 5.69 Å². The highest BCUT2D eigenvalue weighted by Crippen LogP contribution is 2.03. The van der Waals surface area contributed by atoms with Crippen molar-refractivity contribution in [2.75, 3.05) is 5.43 Å². The van der Waals surface area contributed by atoms with Gasteiger partial charge in [-0.05, 0) is 12.1 Å².